The zero-order chi connectivity index (χ0) is 16.8. The standard InChI is InChI=1S/C18H23N3O3/c1-14-5-7-16(8-6-14)24-13-18(22)20-15-10-19-21(11-15)12-17-4-2-3-9-23-17/h5-8,10-11,17H,2-4,9,12-13H2,1H3,(H,20,22). The van der Waals surface area contributed by atoms with Crippen molar-refractivity contribution in [3.63, 3.8) is 0 Å². The molecule has 1 aromatic heterocycles. The minimum atomic E-state index is -0.205. The monoisotopic (exact) mass is 329 g/mol. The van der Waals surface area contributed by atoms with Crippen molar-refractivity contribution in [3.8, 4) is 5.75 Å². The van der Waals surface area contributed by atoms with E-state index in [1.54, 1.807) is 6.20 Å². The maximum absolute atomic E-state index is 12.0. The molecule has 6 heteroatoms. The van der Waals surface area contributed by atoms with Crippen molar-refractivity contribution < 1.29 is 14.3 Å². The first kappa shape index (κ1) is 16.5. The summed E-state index contributed by atoms with van der Waals surface area (Å²) in [5.74, 6) is 0.477. The molecule has 0 spiro atoms. The second kappa shape index (κ2) is 7.97. The number of carbonyl (C=O) groups excluding carboxylic acids is 1. The first-order valence-corrected chi connectivity index (χ1v) is 8.32. The molecule has 1 aromatic carbocycles. The maximum atomic E-state index is 12.0. The summed E-state index contributed by atoms with van der Waals surface area (Å²) in [6.45, 7) is 3.52. The summed E-state index contributed by atoms with van der Waals surface area (Å²) in [6, 6.07) is 7.60. The van der Waals surface area contributed by atoms with Gasteiger partial charge in [-0.2, -0.15) is 5.10 Å². The van der Waals surface area contributed by atoms with Gasteiger partial charge in [-0.25, -0.2) is 0 Å². The third-order valence-corrected chi connectivity index (χ3v) is 3.97. The van der Waals surface area contributed by atoms with Crippen LogP contribution in [0.2, 0.25) is 0 Å². The van der Waals surface area contributed by atoms with Crippen LogP contribution in [0.15, 0.2) is 36.7 Å². The van der Waals surface area contributed by atoms with Gasteiger partial charge in [0, 0.05) is 12.8 Å². The highest BCUT2D eigenvalue weighted by atomic mass is 16.5. The lowest BCUT2D eigenvalue weighted by atomic mass is 10.1. The third kappa shape index (κ3) is 4.83. The summed E-state index contributed by atoms with van der Waals surface area (Å²) in [6.07, 6.45) is 7.08. The third-order valence-electron chi connectivity index (χ3n) is 3.97. The van der Waals surface area contributed by atoms with Gasteiger partial charge in [0.15, 0.2) is 6.61 Å². The molecule has 24 heavy (non-hydrogen) atoms. The Labute approximate surface area is 141 Å². The topological polar surface area (TPSA) is 65.4 Å². The van der Waals surface area contributed by atoms with Gasteiger partial charge >= 0.3 is 0 Å². The number of benzene rings is 1. The van der Waals surface area contributed by atoms with Crippen LogP contribution in [0.5, 0.6) is 5.75 Å². The van der Waals surface area contributed by atoms with Crippen LogP contribution in [0.3, 0.4) is 0 Å². The second-order valence-electron chi connectivity index (χ2n) is 6.09. The van der Waals surface area contributed by atoms with Crippen LogP contribution < -0.4 is 10.1 Å². The summed E-state index contributed by atoms with van der Waals surface area (Å²) < 4.78 is 13.0. The van der Waals surface area contributed by atoms with Crippen LogP contribution in [0.4, 0.5) is 5.69 Å². The quantitative estimate of drug-likeness (QED) is 0.885. The van der Waals surface area contributed by atoms with Gasteiger partial charge in [0.1, 0.15) is 5.75 Å². The van der Waals surface area contributed by atoms with E-state index in [2.05, 4.69) is 10.4 Å². The van der Waals surface area contributed by atoms with Crippen molar-refractivity contribution in [2.45, 2.75) is 38.8 Å². The minimum absolute atomic E-state index is 0.0278. The van der Waals surface area contributed by atoms with Crippen LogP contribution in [-0.4, -0.2) is 35.0 Å². The molecule has 0 aliphatic carbocycles. The number of nitrogens with zero attached hydrogens (tertiary/aromatic N) is 2. The predicted molar refractivity (Wildman–Crippen MR) is 91.1 cm³/mol. The number of ether oxygens (including phenoxy) is 2. The Kier molecular flexibility index (Phi) is 5.48. The fourth-order valence-electron chi connectivity index (χ4n) is 2.67. The van der Waals surface area contributed by atoms with Gasteiger partial charge in [-0.1, -0.05) is 17.7 Å². The highest BCUT2D eigenvalue weighted by molar-refractivity contribution is 5.91. The van der Waals surface area contributed by atoms with Gasteiger partial charge in [-0.15, -0.1) is 0 Å². The molecular weight excluding hydrogens is 306 g/mol. The molecule has 1 amide bonds. The van der Waals surface area contributed by atoms with Crippen LogP contribution in [-0.2, 0) is 16.1 Å². The number of anilines is 1. The van der Waals surface area contributed by atoms with Gasteiger partial charge in [0.05, 0.1) is 24.5 Å². The van der Waals surface area contributed by atoms with E-state index in [0.717, 1.165) is 31.6 Å². The van der Waals surface area contributed by atoms with Crippen LogP contribution >= 0.6 is 0 Å². The summed E-state index contributed by atoms with van der Waals surface area (Å²) in [7, 11) is 0. The average Bonchev–Trinajstić information content (AvgIpc) is 3.02. The van der Waals surface area contributed by atoms with Crippen molar-refractivity contribution in [3.05, 3.63) is 42.2 Å². The number of carbonyl (C=O) groups is 1. The molecular formula is C18H23N3O3. The van der Waals surface area contributed by atoms with E-state index in [9.17, 15) is 4.79 Å². The lowest BCUT2D eigenvalue weighted by Crippen LogP contribution is -2.24. The Morgan fingerprint density at radius 3 is 2.96 bits per heavy atom. The van der Waals surface area contributed by atoms with E-state index in [0.29, 0.717) is 11.4 Å². The van der Waals surface area contributed by atoms with Gasteiger partial charge in [-0.05, 0) is 38.3 Å². The smallest absolute Gasteiger partial charge is 0.262 e. The fraction of sp³-hybridized carbons (Fsp3) is 0.444. The molecule has 1 saturated heterocycles. The first-order chi connectivity index (χ1) is 11.7. The van der Waals surface area contributed by atoms with Crippen molar-refractivity contribution in [2.75, 3.05) is 18.5 Å². The zero-order valence-electron chi connectivity index (χ0n) is 13.9. The van der Waals surface area contributed by atoms with E-state index in [1.165, 1.54) is 6.42 Å². The van der Waals surface area contributed by atoms with E-state index >= 15 is 0 Å². The highest BCUT2D eigenvalue weighted by Gasteiger charge is 2.15. The second-order valence-corrected chi connectivity index (χ2v) is 6.09. The lowest BCUT2D eigenvalue weighted by Gasteiger charge is -2.22. The molecule has 0 bridgehead atoms. The van der Waals surface area contributed by atoms with Crippen LogP contribution in [0, 0.1) is 6.92 Å². The Hall–Kier alpha value is -2.34. The minimum Gasteiger partial charge on any atom is -0.484 e. The largest absolute Gasteiger partial charge is 0.484 e. The summed E-state index contributed by atoms with van der Waals surface area (Å²) in [4.78, 5) is 12.0. The summed E-state index contributed by atoms with van der Waals surface area (Å²) >= 11 is 0. The molecule has 1 fully saturated rings. The molecule has 1 aliphatic rings. The number of aryl methyl sites for hydroxylation is 1. The average molecular weight is 329 g/mol. The summed E-state index contributed by atoms with van der Waals surface area (Å²) in [5.41, 5.74) is 1.82. The number of hydrogen-bond acceptors (Lipinski definition) is 4. The van der Waals surface area contributed by atoms with Crippen LogP contribution in [0.25, 0.3) is 0 Å². The maximum Gasteiger partial charge on any atom is 0.262 e. The summed E-state index contributed by atoms with van der Waals surface area (Å²) in [5, 5.41) is 7.07. The first-order valence-electron chi connectivity index (χ1n) is 8.32. The molecule has 1 unspecified atom stereocenters. The Morgan fingerprint density at radius 2 is 2.21 bits per heavy atom. The number of rotatable bonds is 6. The molecule has 6 nitrogen and oxygen atoms in total. The fourth-order valence-corrected chi connectivity index (χ4v) is 2.67. The molecule has 3 rings (SSSR count). The molecule has 0 saturated carbocycles. The van der Waals surface area contributed by atoms with Crippen LogP contribution in [0.1, 0.15) is 24.8 Å². The Balaban J connectivity index is 1.45. The lowest BCUT2D eigenvalue weighted by molar-refractivity contribution is -0.118. The number of amides is 1. The zero-order valence-corrected chi connectivity index (χ0v) is 13.9. The molecule has 2 aromatic rings. The SMILES string of the molecule is Cc1ccc(OCC(=O)Nc2cnn(CC3CCCCO3)c2)cc1. The van der Waals surface area contributed by atoms with Crippen molar-refractivity contribution in [1.29, 1.82) is 0 Å². The number of nitrogens with one attached hydrogen (secondary N) is 1. The molecule has 128 valence electrons. The highest BCUT2D eigenvalue weighted by Crippen LogP contribution is 2.15. The number of hydrogen-bond donors (Lipinski definition) is 1. The van der Waals surface area contributed by atoms with Gasteiger partial charge in [0.2, 0.25) is 0 Å². The van der Waals surface area contributed by atoms with E-state index in [1.807, 2.05) is 42.1 Å². The molecule has 1 aliphatic heterocycles. The van der Waals surface area contributed by atoms with Gasteiger partial charge in [0.25, 0.3) is 5.91 Å². The van der Waals surface area contributed by atoms with E-state index in [4.69, 9.17) is 9.47 Å². The van der Waals surface area contributed by atoms with E-state index in [-0.39, 0.29) is 18.6 Å². The van der Waals surface area contributed by atoms with Gasteiger partial charge < -0.3 is 14.8 Å². The Bertz CT molecular complexity index is 660. The Morgan fingerprint density at radius 1 is 1.38 bits per heavy atom. The van der Waals surface area contributed by atoms with E-state index < -0.39 is 0 Å². The predicted octanol–water partition coefficient (Wildman–Crippen LogP) is 2.78. The molecule has 1 N–H and O–H groups in total. The van der Waals surface area contributed by atoms with Crippen molar-refractivity contribution in [1.82, 2.24) is 9.78 Å². The van der Waals surface area contributed by atoms with Crippen molar-refractivity contribution >= 4 is 11.6 Å². The normalized spacial score (nSPS) is 17.5. The van der Waals surface area contributed by atoms with Crippen molar-refractivity contribution in [2.24, 2.45) is 0 Å². The molecule has 0 radical (unpaired) electrons. The molecule has 2 heterocycles. The van der Waals surface area contributed by atoms with Gasteiger partial charge in [-0.3, -0.25) is 9.48 Å². The number of aromatic nitrogens is 2. The molecule has 1 atom stereocenters.